The number of hydrogen-bond acceptors (Lipinski definition) is 2. The number of benzene rings is 1. The van der Waals surface area contributed by atoms with Crippen LogP contribution in [0.15, 0.2) is 24.3 Å². The van der Waals surface area contributed by atoms with Crippen molar-refractivity contribution in [1.82, 2.24) is 5.32 Å². The lowest BCUT2D eigenvalue weighted by atomic mass is 10.1. The zero-order chi connectivity index (χ0) is 10.2. The van der Waals surface area contributed by atoms with Crippen molar-refractivity contribution in [2.45, 2.75) is 6.42 Å². The predicted molar refractivity (Wildman–Crippen MR) is 60.3 cm³/mol. The molecule has 0 amide bonds. The summed E-state index contributed by atoms with van der Waals surface area (Å²) in [6.07, 6.45) is 1.01. The molecule has 0 saturated heterocycles. The smallest absolute Gasteiger partial charge is 0.119 e. The Morgan fingerprint density at radius 3 is 2.93 bits per heavy atom. The Balaban J connectivity index is 2.34. The van der Waals surface area contributed by atoms with Crippen LogP contribution in [0.4, 0.5) is 0 Å². The average Bonchev–Trinajstić information content (AvgIpc) is 2.25. The molecule has 78 valence electrons. The molecule has 0 aliphatic carbocycles. The standard InChI is InChI=1S/C11H16ClNO/c1-14-11-4-2-3-10(9-11)5-7-13-8-6-12/h2-4,9,13H,5-8H2,1H3. The van der Waals surface area contributed by atoms with Gasteiger partial charge in [-0.25, -0.2) is 0 Å². The Morgan fingerprint density at radius 2 is 2.21 bits per heavy atom. The fraction of sp³-hybridized carbons (Fsp3) is 0.455. The zero-order valence-electron chi connectivity index (χ0n) is 8.42. The highest BCUT2D eigenvalue weighted by atomic mass is 35.5. The van der Waals surface area contributed by atoms with Crippen LogP contribution in [0.5, 0.6) is 5.75 Å². The van der Waals surface area contributed by atoms with Gasteiger partial charge in [0.2, 0.25) is 0 Å². The van der Waals surface area contributed by atoms with Gasteiger partial charge in [0.25, 0.3) is 0 Å². The topological polar surface area (TPSA) is 21.3 Å². The summed E-state index contributed by atoms with van der Waals surface area (Å²) >= 11 is 5.55. The van der Waals surface area contributed by atoms with E-state index in [1.807, 2.05) is 12.1 Å². The van der Waals surface area contributed by atoms with Crippen LogP contribution in [0.1, 0.15) is 5.56 Å². The van der Waals surface area contributed by atoms with Crippen molar-refractivity contribution < 1.29 is 4.74 Å². The number of methoxy groups -OCH3 is 1. The number of rotatable bonds is 6. The van der Waals surface area contributed by atoms with Gasteiger partial charge in [0.15, 0.2) is 0 Å². The molecule has 2 nitrogen and oxygen atoms in total. The Bertz CT molecular complexity index is 265. The first kappa shape index (κ1) is 11.3. The Labute approximate surface area is 90.2 Å². The van der Waals surface area contributed by atoms with Gasteiger partial charge < -0.3 is 10.1 Å². The second kappa shape index (κ2) is 6.68. The molecular formula is C11H16ClNO. The second-order valence-electron chi connectivity index (χ2n) is 3.04. The van der Waals surface area contributed by atoms with Crippen LogP contribution < -0.4 is 10.1 Å². The van der Waals surface area contributed by atoms with E-state index in [0.717, 1.165) is 25.3 Å². The number of halogens is 1. The molecule has 0 radical (unpaired) electrons. The molecule has 1 aromatic rings. The van der Waals surface area contributed by atoms with Gasteiger partial charge >= 0.3 is 0 Å². The van der Waals surface area contributed by atoms with Gasteiger partial charge in [-0.05, 0) is 30.7 Å². The molecule has 0 atom stereocenters. The Hall–Kier alpha value is -0.730. The van der Waals surface area contributed by atoms with E-state index in [9.17, 15) is 0 Å². The maximum atomic E-state index is 5.55. The second-order valence-corrected chi connectivity index (χ2v) is 3.42. The summed E-state index contributed by atoms with van der Waals surface area (Å²) in [6.45, 7) is 1.82. The van der Waals surface area contributed by atoms with E-state index >= 15 is 0 Å². The summed E-state index contributed by atoms with van der Waals surface area (Å²) in [5.41, 5.74) is 1.28. The fourth-order valence-corrected chi connectivity index (χ4v) is 1.39. The summed E-state index contributed by atoms with van der Waals surface area (Å²) in [5.74, 6) is 1.58. The number of nitrogens with one attached hydrogen (secondary N) is 1. The van der Waals surface area contributed by atoms with E-state index in [-0.39, 0.29) is 0 Å². The van der Waals surface area contributed by atoms with Crippen molar-refractivity contribution in [1.29, 1.82) is 0 Å². The molecule has 1 rings (SSSR count). The van der Waals surface area contributed by atoms with Gasteiger partial charge in [0.05, 0.1) is 7.11 Å². The summed E-state index contributed by atoms with van der Waals surface area (Å²) in [6, 6.07) is 8.12. The van der Waals surface area contributed by atoms with Crippen molar-refractivity contribution in [3.8, 4) is 5.75 Å². The van der Waals surface area contributed by atoms with Crippen molar-refractivity contribution in [3.63, 3.8) is 0 Å². The molecule has 3 heteroatoms. The van der Waals surface area contributed by atoms with Gasteiger partial charge in [-0.15, -0.1) is 11.6 Å². The van der Waals surface area contributed by atoms with Crippen LogP contribution in [0.25, 0.3) is 0 Å². The lowest BCUT2D eigenvalue weighted by molar-refractivity contribution is 0.414. The Kier molecular flexibility index (Phi) is 5.42. The third-order valence-corrected chi connectivity index (χ3v) is 2.18. The van der Waals surface area contributed by atoms with Crippen molar-refractivity contribution in [2.75, 3.05) is 26.1 Å². The molecule has 0 aliphatic rings. The van der Waals surface area contributed by atoms with Crippen molar-refractivity contribution in [2.24, 2.45) is 0 Å². The molecule has 0 aromatic heterocycles. The van der Waals surface area contributed by atoms with Crippen LogP contribution in [0.3, 0.4) is 0 Å². The van der Waals surface area contributed by atoms with Crippen LogP contribution in [-0.4, -0.2) is 26.1 Å². The maximum Gasteiger partial charge on any atom is 0.119 e. The molecule has 1 N–H and O–H groups in total. The monoisotopic (exact) mass is 213 g/mol. The molecule has 14 heavy (non-hydrogen) atoms. The highest BCUT2D eigenvalue weighted by molar-refractivity contribution is 6.18. The van der Waals surface area contributed by atoms with E-state index in [4.69, 9.17) is 16.3 Å². The van der Waals surface area contributed by atoms with Gasteiger partial charge in [0, 0.05) is 12.4 Å². The van der Waals surface area contributed by atoms with E-state index < -0.39 is 0 Å². The normalized spacial score (nSPS) is 10.1. The molecule has 0 bridgehead atoms. The Morgan fingerprint density at radius 1 is 1.36 bits per heavy atom. The van der Waals surface area contributed by atoms with Crippen molar-refractivity contribution in [3.05, 3.63) is 29.8 Å². The molecular weight excluding hydrogens is 198 g/mol. The summed E-state index contributed by atoms with van der Waals surface area (Å²) in [4.78, 5) is 0. The third kappa shape index (κ3) is 3.99. The number of hydrogen-bond donors (Lipinski definition) is 1. The largest absolute Gasteiger partial charge is 0.497 e. The summed E-state index contributed by atoms with van der Waals surface area (Å²) in [7, 11) is 1.69. The first-order valence-corrected chi connectivity index (χ1v) is 5.30. The minimum absolute atomic E-state index is 0.665. The summed E-state index contributed by atoms with van der Waals surface area (Å²) < 4.78 is 5.14. The van der Waals surface area contributed by atoms with E-state index in [1.165, 1.54) is 5.56 Å². The summed E-state index contributed by atoms with van der Waals surface area (Å²) in [5, 5.41) is 3.25. The number of alkyl halides is 1. The lowest BCUT2D eigenvalue weighted by Gasteiger charge is -2.04. The first-order valence-electron chi connectivity index (χ1n) is 4.76. The molecule has 0 saturated carbocycles. The molecule has 1 aromatic carbocycles. The fourth-order valence-electron chi connectivity index (χ4n) is 1.25. The van der Waals surface area contributed by atoms with Crippen LogP contribution in [-0.2, 0) is 6.42 Å². The molecule has 0 heterocycles. The predicted octanol–water partition coefficient (Wildman–Crippen LogP) is 2.07. The average molecular weight is 214 g/mol. The maximum absolute atomic E-state index is 5.55. The van der Waals surface area contributed by atoms with Crippen LogP contribution in [0.2, 0.25) is 0 Å². The minimum Gasteiger partial charge on any atom is -0.497 e. The quantitative estimate of drug-likeness (QED) is 0.577. The highest BCUT2D eigenvalue weighted by Gasteiger charge is 1.95. The SMILES string of the molecule is COc1cccc(CCNCCCl)c1. The molecule has 0 spiro atoms. The molecule has 0 unspecified atom stereocenters. The zero-order valence-corrected chi connectivity index (χ0v) is 9.18. The van der Waals surface area contributed by atoms with Gasteiger partial charge in [-0.2, -0.15) is 0 Å². The highest BCUT2D eigenvalue weighted by Crippen LogP contribution is 2.12. The van der Waals surface area contributed by atoms with Crippen LogP contribution >= 0.6 is 11.6 Å². The molecule has 0 fully saturated rings. The molecule has 0 aliphatic heterocycles. The van der Waals surface area contributed by atoms with Gasteiger partial charge in [-0.3, -0.25) is 0 Å². The van der Waals surface area contributed by atoms with E-state index in [0.29, 0.717) is 5.88 Å². The van der Waals surface area contributed by atoms with Crippen molar-refractivity contribution >= 4 is 11.6 Å². The lowest BCUT2D eigenvalue weighted by Crippen LogP contribution is -2.19. The van der Waals surface area contributed by atoms with E-state index in [2.05, 4.69) is 17.4 Å². The van der Waals surface area contributed by atoms with Gasteiger partial charge in [-0.1, -0.05) is 12.1 Å². The van der Waals surface area contributed by atoms with Crippen LogP contribution in [0, 0.1) is 0 Å². The third-order valence-electron chi connectivity index (χ3n) is 2.00. The number of ether oxygens (including phenoxy) is 1. The first-order chi connectivity index (χ1) is 6.86. The van der Waals surface area contributed by atoms with Gasteiger partial charge in [0.1, 0.15) is 5.75 Å². The minimum atomic E-state index is 0.665. The van der Waals surface area contributed by atoms with E-state index in [1.54, 1.807) is 7.11 Å².